The first kappa shape index (κ1) is 24.5. The number of methoxy groups -OCH3 is 3. The number of amides is 6. The molecule has 4 N–H and O–H groups in total. The van der Waals surface area contributed by atoms with Crippen LogP contribution in [0.25, 0.3) is 6.08 Å². The smallest absolute Gasteiger partial charge is 0.331 e. The number of benzene rings is 1. The predicted molar refractivity (Wildman–Crippen MR) is 115 cm³/mol. The Bertz CT molecular complexity index is 888. The number of imide groups is 2. The molecule has 11 nitrogen and oxygen atoms in total. The van der Waals surface area contributed by atoms with Crippen molar-refractivity contribution < 1.29 is 33.4 Å². The second-order valence-electron chi connectivity index (χ2n) is 6.94. The number of barbiturate groups is 1. The van der Waals surface area contributed by atoms with Crippen molar-refractivity contribution in [3.05, 3.63) is 23.3 Å². The maximum atomic E-state index is 12.9. The Morgan fingerprint density at radius 1 is 1.03 bits per heavy atom. The minimum Gasteiger partial charge on any atom is -0.493 e. The first-order chi connectivity index (χ1) is 15.3. The lowest BCUT2D eigenvalue weighted by Crippen LogP contribution is -2.54. The number of ether oxygens (including phenoxy) is 3. The minimum absolute atomic E-state index is 0.161. The Morgan fingerprint density at radius 2 is 1.66 bits per heavy atom. The van der Waals surface area contributed by atoms with E-state index in [-0.39, 0.29) is 12.1 Å². The van der Waals surface area contributed by atoms with E-state index in [1.54, 1.807) is 12.1 Å². The van der Waals surface area contributed by atoms with Crippen LogP contribution in [-0.2, 0) is 9.59 Å². The average Bonchev–Trinajstić information content (AvgIpc) is 2.76. The zero-order valence-electron chi connectivity index (χ0n) is 18.4. The lowest BCUT2D eigenvalue weighted by molar-refractivity contribution is -0.130. The van der Waals surface area contributed by atoms with Gasteiger partial charge in [-0.1, -0.05) is 12.8 Å². The van der Waals surface area contributed by atoms with Crippen LogP contribution in [0.3, 0.4) is 0 Å². The monoisotopic (exact) mass is 448 g/mol. The van der Waals surface area contributed by atoms with Gasteiger partial charge in [0.15, 0.2) is 11.5 Å². The van der Waals surface area contributed by atoms with Gasteiger partial charge >= 0.3 is 12.1 Å². The molecular formula is C21H28N4O7. The normalized spacial score (nSPS) is 14.9. The molecule has 2 rings (SSSR count). The number of unbranched alkanes of at least 4 members (excludes halogenated alkanes) is 3. The van der Waals surface area contributed by atoms with E-state index in [1.807, 2.05) is 0 Å². The van der Waals surface area contributed by atoms with Gasteiger partial charge in [0.1, 0.15) is 5.57 Å². The number of nitrogens with two attached hydrogens (primary N) is 1. The fourth-order valence-electron chi connectivity index (χ4n) is 3.21. The molecule has 6 amide bonds. The maximum Gasteiger partial charge on any atom is 0.331 e. The summed E-state index contributed by atoms with van der Waals surface area (Å²) in [5.74, 6) is -0.355. The van der Waals surface area contributed by atoms with Gasteiger partial charge in [-0.3, -0.25) is 19.8 Å². The zero-order chi connectivity index (χ0) is 23.7. The largest absolute Gasteiger partial charge is 0.493 e. The number of hydrogen-bond donors (Lipinski definition) is 3. The predicted octanol–water partition coefficient (Wildman–Crippen LogP) is 1.40. The molecule has 1 aromatic carbocycles. The molecule has 0 saturated carbocycles. The third kappa shape index (κ3) is 6.13. The van der Waals surface area contributed by atoms with Crippen LogP contribution in [-0.4, -0.2) is 63.2 Å². The number of primary amides is 1. The van der Waals surface area contributed by atoms with E-state index in [9.17, 15) is 19.2 Å². The van der Waals surface area contributed by atoms with Crippen LogP contribution in [0.5, 0.6) is 17.2 Å². The summed E-state index contributed by atoms with van der Waals surface area (Å²) in [6, 6.07) is 1.86. The van der Waals surface area contributed by atoms with Crippen LogP contribution in [0, 0.1) is 0 Å². The van der Waals surface area contributed by atoms with Gasteiger partial charge in [0.05, 0.1) is 21.3 Å². The molecule has 1 aromatic rings. The fourth-order valence-corrected chi connectivity index (χ4v) is 3.21. The second kappa shape index (κ2) is 11.6. The summed E-state index contributed by atoms with van der Waals surface area (Å²) in [6.07, 6.45) is 4.18. The van der Waals surface area contributed by atoms with E-state index in [2.05, 4.69) is 10.6 Å². The topological polar surface area (TPSA) is 149 Å². The van der Waals surface area contributed by atoms with E-state index >= 15 is 0 Å². The number of urea groups is 2. The van der Waals surface area contributed by atoms with Crippen molar-refractivity contribution in [2.75, 3.05) is 34.4 Å². The molecule has 1 heterocycles. The molecule has 0 unspecified atom stereocenters. The molecule has 1 fully saturated rings. The van der Waals surface area contributed by atoms with E-state index in [0.717, 1.165) is 24.2 Å². The van der Waals surface area contributed by atoms with Crippen molar-refractivity contribution >= 4 is 30.0 Å². The van der Waals surface area contributed by atoms with Crippen molar-refractivity contribution in [3.63, 3.8) is 0 Å². The molecule has 0 aromatic heterocycles. The van der Waals surface area contributed by atoms with E-state index in [0.29, 0.717) is 35.8 Å². The van der Waals surface area contributed by atoms with Crippen molar-refractivity contribution in [1.29, 1.82) is 0 Å². The Hall–Kier alpha value is -3.76. The highest BCUT2D eigenvalue weighted by Crippen LogP contribution is 2.38. The van der Waals surface area contributed by atoms with Gasteiger partial charge in [-0.25, -0.2) is 9.59 Å². The lowest BCUT2D eigenvalue weighted by atomic mass is 10.1. The van der Waals surface area contributed by atoms with Crippen LogP contribution in [0.4, 0.5) is 9.59 Å². The fraction of sp³-hybridized carbons (Fsp3) is 0.429. The van der Waals surface area contributed by atoms with Crippen LogP contribution in [0.2, 0.25) is 0 Å². The molecule has 0 radical (unpaired) electrons. The van der Waals surface area contributed by atoms with E-state index < -0.39 is 23.9 Å². The average molecular weight is 448 g/mol. The van der Waals surface area contributed by atoms with Crippen LogP contribution in [0.15, 0.2) is 17.7 Å². The highest BCUT2D eigenvalue weighted by atomic mass is 16.5. The highest BCUT2D eigenvalue weighted by molar-refractivity contribution is 6.31. The molecular weight excluding hydrogens is 420 g/mol. The number of nitrogens with zero attached hydrogens (tertiary/aromatic N) is 1. The summed E-state index contributed by atoms with van der Waals surface area (Å²) in [7, 11) is 4.38. The third-order valence-corrected chi connectivity index (χ3v) is 4.79. The Labute approximate surface area is 185 Å². The van der Waals surface area contributed by atoms with Gasteiger partial charge in [0, 0.05) is 13.1 Å². The lowest BCUT2D eigenvalue weighted by Gasteiger charge is -2.26. The molecule has 1 saturated heterocycles. The number of carbonyl (C=O) groups excluding carboxylic acids is 4. The second-order valence-corrected chi connectivity index (χ2v) is 6.94. The molecule has 11 heteroatoms. The molecule has 1 aliphatic heterocycles. The van der Waals surface area contributed by atoms with Gasteiger partial charge in [0.2, 0.25) is 5.75 Å². The molecule has 0 bridgehead atoms. The Balaban J connectivity index is 2.11. The zero-order valence-corrected chi connectivity index (χ0v) is 18.4. The Morgan fingerprint density at radius 3 is 2.22 bits per heavy atom. The summed E-state index contributed by atoms with van der Waals surface area (Å²) in [5.41, 5.74) is 5.29. The molecule has 1 aliphatic rings. The summed E-state index contributed by atoms with van der Waals surface area (Å²) in [6.45, 7) is 0.627. The Kier molecular flexibility index (Phi) is 8.87. The molecule has 174 valence electrons. The quantitative estimate of drug-likeness (QED) is 0.263. The summed E-state index contributed by atoms with van der Waals surface area (Å²) in [5, 5.41) is 4.69. The number of carbonyl (C=O) groups is 4. The van der Waals surface area contributed by atoms with E-state index in [1.165, 1.54) is 27.4 Å². The number of nitrogens with one attached hydrogen (secondary N) is 2. The first-order valence-corrected chi connectivity index (χ1v) is 10.0. The maximum absolute atomic E-state index is 12.9. The SMILES string of the molecule is COc1cc(/C=C2\C(=O)NC(=O)N(CCCCCCNC(N)=O)C2=O)cc(OC)c1OC. The standard InChI is InChI=1S/C21H28N4O7/c1-30-15-11-13(12-16(31-2)17(15)32-3)10-14-18(26)24-21(29)25(19(14)27)9-7-5-4-6-8-23-20(22)28/h10-12H,4-9H2,1-3H3,(H3,22,23,28)(H,24,26,29)/b14-10+. The summed E-state index contributed by atoms with van der Waals surface area (Å²) < 4.78 is 15.9. The summed E-state index contributed by atoms with van der Waals surface area (Å²) in [4.78, 5) is 49.0. The molecule has 0 atom stereocenters. The van der Waals surface area contributed by atoms with Crippen LogP contribution >= 0.6 is 0 Å². The number of hydrogen-bond acceptors (Lipinski definition) is 7. The van der Waals surface area contributed by atoms with Gasteiger partial charge < -0.3 is 25.3 Å². The third-order valence-electron chi connectivity index (χ3n) is 4.79. The minimum atomic E-state index is -0.775. The van der Waals surface area contributed by atoms with Crippen molar-refractivity contribution in [2.24, 2.45) is 5.73 Å². The van der Waals surface area contributed by atoms with Gasteiger partial charge in [-0.2, -0.15) is 0 Å². The number of rotatable bonds is 11. The van der Waals surface area contributed by atoms with Gasteiger partial charge in [0.25, 0.3) is 11.8 Å². The van der Waals surface area contributed by atoms with Crippen LogP contribution < -0.4 is 30.6 Å². The van der Waals surface area contributed by atoms with Gasteiger partial charge in [-0.05, 0) is 36.6 Å². The van der Waals surface area contributed by atoms with Crippen molar-refractivity contribution in [1.82, 2.24) is 15.5 Å². The molecule has 0 aliphatic carbocycles. The highest BCUT2D eigenvalue weighted by Gasteiger charge is 2.35. The van der Waals surface area contributed by atoms with Crippen molar-refractivity contribution in [2.45, 2.75) is 25.7 Å². The van der Waals surface area contributed by atoms with Crippen LogP contribution in [0.1, 0.15) is 31.2 Å². The van der Waals surface area contributed by atoms with Crippen molar-refractivity contribution in [3.8, 4) is 17.2 Å². The first-order valence-electron chi connectivity index (χ1n) is 10.0. The molecule has 32 heavy (non-hydrogen) atoms. The molecule has 0 spiro atoms. The van der Waals surface area contributed by atoms with Gasteiger partial charge in [-0.15, -0.1) is 0 Å². The van der Waals surface area contributed by atoms with E-state index in [4.69, 9.17) is 19.9 Å². The summed E-state index contributed by atoms with van der Waals surface area (Å²) >= 11 is 0.